The first-order valence-electron chi connectivity index (χ1n) is 9.91. The van der Waals surface area contributed by atoms with Crippen LogP contribution in [-0.2, 0) is 11.2 Å². The minimum atomic E-state index is -0.0381. The highest BCUT2D eigenvalue weighted by Crippen LogP contribution is 2.32. The molecular weight excluding hydrogens is 368 g/mol. The lowest BCUT2D eigenvalue weighted by molar-refractivity contribution is -0.120. The number of hydrogen-bond acceptors (Lipinski definition) is 5. The fourth-order valence-electron chi connectivity index (χ4n) is 3.99. The molecule has 3 heterocycles. The third-order valence-electron chi connectivity index (χ3n) is 5.29. The Labute approximate surface area is 169 Å². The van der Waals surface area contributed by atoms with E-state index in [1.165, 1.54) is 4.88 Å². The van der Waals surface area contributed by atoms with Gasteiger partial charge in [0, 0.05) is 23.7 Å². The number of anilines is 2. The van der Waals surface area contributed by atoms with Crippen molar-refractivity contribution in [2.45, 2.75) is 40.0 Å². The number of aromatic nitrogens is 2. The first-order valence-corrected chi connectivity index (χ1v) is 10.7. The number of carbonyl (C=O) groups is 1. The van der Waals surface area contributed by atoms with E-state index >= 15 is 0 Å². The summed E-state index contributed by atoms with van der Waals surface area (Å²) in [6, 6.07) is 8.37. The Hall–Kier alpha value is -2.47. The van der Waals surface area contributed by atoms with E-state index in [0.29, 0.717) is 6.54 Å². The Morgan fingerprint density at radius 2 is 2.00 bits per heavy atom. The number of rotatable bonds is 4. The molecule has 1 aliphatic rings. The van der Waals surface area contributed by atoms with Crippen molar-refractivity contribution in [3.63, 3.8) is 0 Å². The van der Waals surface area contributed by atoms with Crippen molar-refractivity contribution in [3.05, 3.63) is 46.6 Å². The molecule has 0 aliphatic carbocycles. The normalized spacial score (nSPS) is 17.1. The minimum absolute atomic E-state index is 0.0381. The van der Waals surface area contributed by atoms with Crippen LogP contribution < -0.4 is 10.2 Å². The zero-order valence-corrected chi connectivity index (χ0v) is 17.5. The summed E-state index contributed by atoms with van der Waals surface area (Å²) < 4.78 is 0. The maximum absolute atomic E-state index is 12.9. The third-order valence-corrected chi connectivity index (χ3v) is 6.48. The van der Waals surface area contributed by atoms with Crippen LogP contribution in [0.4, 0.5) is 11.5 Å². The summed E-state index contributed by atoms with van der Waals surface area (Å²) in [5, 5.41) is 4.23. The number of nitrogens with zero attached hydrogens (tertiary/aromatic N) is 3. The van der Waals surface area contributed by atoms with Crippen molar-refractivity contribution >= 4 is 39.0 Å². The van der Waals surface area contributed by atoms with Crippen LogP contribution in [0.3, 0.4) is 0 Å². The monoisotopic (exact) mass is 394 g/mol. The maximum Gasteiger partial charge on any atom is 0.229 e. The highest BCUT2D eigenvalue weighted by Gasteiger charge is 2.28. The van der Waals surface area contributed by atoms with Crippen LogP contribution in [0.5, 0.6) is 0 Å². The predicted molar refractivity (Wildman–Crippen MR) is 116 cm³/mol. The van der Waals surface area contributed by atoms with E-state index in [9.17, 15) is 4.79 Å². The van der Waals surface area contributed by atoms with Crippen LogP contribution in [0.25, 0.3) is 10.2 Å². The molecule has 1 atom stereocenters. The van der Waals surface area contributed by atoms with Crippen molar-refractivity contribution in [3.8, 4) is 0 Å². The molecule has 28 heavy (non-hydrogen) atoms. The molecule has 3 aromatic rings. The molecule has 0 bridgehead atoms. The van der Waals surface area contributed by atoms with Gasteiger partial charge >= 0.3 is 0 Å². The smallest absolute Gasteiger partial charge is 0.229 e. The highest BCUT2D eigenvalue weighted by molar-refractivity contribution is 7.18. The molecule has 5 nitrogen and oxygen atoms in total. The zero-order chi connectivity index (χ0) is 19.7. The fraction of sp³-hybridized carbons (Fsp3) is 0.409. The summed E-state index contributed by atoms with van der Waals surface area (Å²) in [7, 11) is 0. The lowest BCUT2D eigenvalue weighted by atomic mass is 9.96. The molecule has 4 rings (SSSR count). The highest BCUT2D eigenvalue weighted by atomic mass is 32.1. The van der Waals surface area contributed by atoms with Gasteiger partial charge in [-0.3, -0.25) is 4.79 Å². The van der Waals surface area contributed by atoms with Gasteiger partial charge in [-0.1, -0.05) is 13.0 Å². The second-order valence-electron chi connectivity index (χ2n) is 7.63. The number of nitrogens with one attached hydrogen (secondary N) is 1. The Balaban J connectivity index is 1.53. The second kappa shape index (κ2) is 7.87. The summed E-state index contributed by atoms with van der Waals surface area (Å²) in [6.45, 7) is 7.89. The number of aryl methyl sites for hydroxylation is 3. The van der Waals surface area contributed by atoms with Crippen LogP contribution >= 0.6 is 11.3 Å². The third kappa shape index (κ3) is 3.87. The standard InChI is InChI=1S/C22H26N4OS/c1-4-18-11-19-20(23-13-24-22(19)28-18)26-7-5-6-16(12-26)21(27)25-17-9-14(2)8-15(3)10-17/h8-11,13,16H,4-7,12H2,1-3H3,(H,25,27)/t16-/m1/s1. The number of piperidine rings is 1. The van der Waals surface area contributed by atoms with E-state index in [-0.39, 0.29) is 11.8 Å². The number of amides is 1. The molecule has 1 saturated heterocycles. The topological polar surface area (TPSA) is 58.1 Å². The summed E-state index contributed by atoms with van der Waals surface area (Å²) in [6.07, 6.45) is 4.54. The Bertz CT molecular complexity index is 993. The van der Waals surface area contributed by atoms with E-state index in [4.69, 9.17) is 0 Å². The molecule has 1 aliphatic heterocycles. The molecule has 0 spiro atoms. The quantitative estimate of drug-likeness (QED) is 0.695. The van der Waals surface area contributed by atoms with Crippen LogP contribution in [-0.4, -0.2) is 29.0 Å². The molecular formula is C22H26N4OS. The van der Waals surface area contributed by atoms with Gasteiger partial charge in [-0.2, -0.15) is 0 Å². The lowest BCUT2D eigenvalue weighted by Gasteiger charge is -2.33. The molecule has 2 aromatic heterocycles. The molecule has 1 amide bonds. The summed E-state index contributed by atoms with van der Waals surface area (Å²) >= 11 is 1.73. The van der Waals surface area contributed by atoms with Gasteiger partial charge in [0.15, 0.2) is 0 Å². The van der Waals surface area contributed by atoms with Gasteiger partial charge in [-0.15, -0.1) is 11.3 Å². The van der Waals surface area contributed by atoms with Gasteiger partial charge in [0.25, 0.3) is 0 Å². The molecule has 1 aromatic carbocycles. The van der Waals surface area contributed by atoms with Crippen molar-refractivity contribution < 1.29 is 4.79 Å². The Morgan fingerprint density at radius 3 is 2.75 bits per heavy atom. The van der Waals surface area contributed by atoms with Gasteiger partial charge in [0.05, 0.1) is 11.3 Å². The van der Waals surface area contributed by atoms with E-state index in [1.807, 2.05) is 12.1 Å². The second-order valence-corrected chi connectivity index (χ2v) is 8.75. The fourth-order valence-corrected chi connectivity index (χ4v) is 4.92. The first kappa shape index (κ1) is 18.9. The largest absolute Gasteiger partial charge is 0.355 e. The van der Waals surface area contributed by atoms with Crippen molar-refractivity contribution in [1.82, 2.24) is 9.97 Å². The van der Waals surface area contributed by atoms with Crippen molar-refractivity contribution in [2.24, 2.45) is 5.92 Å². The van der Waals surface area contributed by atoms with Crippen LogP contribution in [0.1, 0.15) is 35.8 Å². The van der Waals surface area contributed by atoms with Gasteiger partial charge in [0.1, 0.15) is 17.0 Å². The minimum Gasteiger partial charge on any atom is -0.355 e. The van der Waals surface area contributed by atoms with Crippen LogP contribution in [0.15, 0.2) is 30.6 Å². The van der Waals surface area contributed by atoms with Gasteiger partial charge in [-0.25, -0.2) is 9.97 Å². The van der Waals surface area contributed by atoms with Gasteiger partial charge in [-0.05, 0) is 62.4 Å². The van der Waals surface area contributed by atoms with E-state index in [1.54, 1.807) is 17.7 Å². The molecule has 0 unspecified atom stereocenters. The Kier molecular flexibility index (Phi) is 5.31. The van der Waals surface area contributed by atoms with Gasteiger partial charge < -0.3 is 10.2 Å². The molecule has 6 heteroatoms. The number of benzene rings is 1. The summed E-state index contributed by atoms with van der Waals surface area (Å²) in [5.74, 6) is 1.02. The summed E-state index contributed by atoms with van der Waals surface area (Å²) in [4.78, 5) is 26.5. The van der Waals surface area contributed by atoms with E-state index in [0.717, 1.165) is 58.7 Å². The molecule has 1 N–H and O–H groups in total. The van der Waals surface area contributed by atoms with Crippen molar-refractivity contribution in [1.29, 1.82) is 0 Å². The number of fused-ring (bicyclic) bond motifs is 1. The first-order chi connectivity index (χ1) is 13.5. The lowest BCUT2D eigenvalue weighted by Crippen LogP contribution is -2.41. The molecule has 146 valence electrons. The molecule has 0 radical (unpaired) electrons. The molecule has 0 saturated carbocycles. The predicted octanol–water partition coefficient (Wildman–Crippen LogP) is 4.73. The number of thiophene rings is 1. The number of carbonyl (C=O) groups excluding carboxylic acids is 1. The average Bonchev–Trinajstić information content (AvgIpc) is 3.10. The Morgan fingerprint density at radius 1 is 1.21 bits per heavy atom. The zero-order valence-electron chi connectivity index (χ0n) is 16.7. The van der Waals surface area contributed by atoms with E-state index in [2.05, 4.69) is 53.1 Å². The molecule has 1 fully saturated rings. The van der Waals surface area contributed by atoms with Crippen LogP contribution in [0, 0.1) is 19.8 Å². The SMILES string of the molecule is CCc1cc2c(N3CCC[C@@H](C(=O)Nc4cc(C)cc(C)c4)C3)ncnc2s1. The van der Waals surface area contributed by atoms with Crippen LogP contribution in [0.2, 0.25) is 0 Å². The number of hydrogen-bond donors (Lipinski definition) is 1. The average molecular weight is 395 g/mol. The maximum atomic E-state index is 12.9. The van der Waals surface area contributed by atoms with Gasteiger partial charge in [0.2, 0.25) is 5.91 Å². The van der Waals surface area contributed by atoms with E-state index < -0.39 is 0 Å². The summed E-state index contributed by atoms with van der Waals surface area (Å²) in [5.41, 5.74) is 3.20. The van der Waals surface area contributed by atoms with Crippen molar-refractivity contribution in [2.75, 3.05) is 23.3 Å².